The molecule has 0 spiro atoms. The molecular weight excluding hydrogens is 368 g/mol. The lowest BCUT2D eigenvalue weighted by molar-refractivity contribution is 0.686. The SMILES string of the molecule is CNCc1cnc2ccc(CN(NC)c3nc(-c4cnn(C)c4)cnc3N)cn12. The number of hydrazine groups is 1. The average Bonchev–Trinajstić information content (AvgIpc) is 3.33. The first-order chi connectivity index (χ1) is 14.1. The molecule has 0 atom stereocenters. The number of nitrogen functional groups attached to an aromatic ring is 1. The van der Waals surface area contributed by atoms with Crippen molar-refractivity contribution in [3.8, 4) is 11.3 Å². The van der Waals surface area contributed by atoms with Crippen LogP contribution in [0.25, 0.3) is 16.9 Å². The molecule has 4 heterocycles. The zero-order valence-electron chi connectivity index (χ0n) is 16.7. The van der Waals surface area contributed by atoms with Gasteiger partial charge in [0.25, 0.3) is 0 Å². The molecule has 4 N–H and O–H groups in total. The third kappa shape index (κ3) is 3.75. The predicted molar refractivity (Wildman–Crippen MR) is 112 cm³/mol. The Morgan fingerprint density at radius 3 is 2.69 bits per heavy atom. The molecule has 0 amide bonds. The van der Waals surface area contributed by atoms with Crippen LogP contribution in [0.2, 0.25) is 0 Å². The van der Waals surface area contributed by atoms with Crippen LogP contribution in [-0.4, -0.2) is 43.2 Å². The fourth-order valence-corrected chi connectivity index (χ4v) is 3.20. The third-order valence-electron chi connectivity index (χ3n) is 4.65. The number of aromatic nitrogens is 6. The van der Waals surface area contributed by atoms with Gasteiger partial charge in [0.2, 0.25) is 0 Å². The van der Waals surface area contributed by atoms with E-state index >= 15 is 0 Å². The van der Waals surface area contributed by atoms with E-state index in [-0.39, 0.29) is 0 Å². The highest BCUT2D eigenvalue weighted by molar-refractivity contribution is 5.65. The minimum atomic E-state index is 0.353. The Balaban J connectivity index is 1.65. The van der Waals surface area contributed by atoms with Crippen molar-refractivity contribution >= 4 is 17.3 Å². The standard InChI is InChI=1S/C19H24N10/c1-21-7-15-8-23-17-5-4-13(10-28(15)17)11-29(22-2)19-18(20)24-9-16(26-19)14-6-25-27(3)12-14/h4-6,8-10,12,21-22H,7,11H2,1-3H3,(H2,20,24). The minimum Gasteiger partial charge on any atom is -0.381 e. The number of hydrogen-bond acceptors (Lipinski definition) is 8. The van der Waals surface area contributed by atoms with Gasteiger partial charge in [-0.15, -0.1) is 0 Å². The van der Waals surface area contributed by atoms with Gasteiger partial charge in [0.15, 0.2) is 11.6 Å². The molecule has 0 aliphatic carbocycles. The van der Waals surface area contributed by atoms with Gasteiger partial charge in [-0.25, -0.2) is 20.4 Å². The summed E-state index contributed by atoms with van der Waals surface area (Å²) in [5, 5.41) is 9.24. The van der Waals surface area contributed by atoms with E-state index < -0.39 is 0 Å². The molecule has 0 saturated heterocycles. The van der Waals surface area contributed by atoms with Crippen molar-refractivity contribution in [1.29, 1.82) is 0 Å². The molecule has 0 aliphatic rings. The highest BCUT2D eigenvalue weighted by Gasteiger charge is 2.15. The van der Waals surface area contributed by atoms with Crippen LogP contribution in [0.1, 0.15) is 11.3 Å². The van der Waals surface area contributed by atoms with Crippen LogP contribution >= 0.6 is 0 Å². The summed E-state index contributed by atoms with van der Waals surface area (Å²) in [4.78, 5) is 13.5. The van der Waals surface area contributed by atoms with Crippen molar-refractivity contribution in [1.82, 2.24) is 39.9 Å². The Bertz CT molecular complexity index is 1130. The number of rotatable bonds is 7. The summed E-state index contributed by atoms with van der Waals surface area (Å²) in [7, 11) is 5.62. The lowest BCUT2D eigenvalue weighted by Crippen LogP contribution is -2.36. The molecule has 10 nitrogen and oxygen atoms in total. The van der Waals surface area contributed by atoms with Crippen LogP contribution in [-0.2, 0) is 20.1 Å². The Hall–Kier alpha value is -3.50. The van der Waals surface area contributed by atoms with Gasteiger partial charge < -0.3 is 15.5 Å². The van der Waals surface area contributed by atoms with Crippen LogP contribution in [0.4, 0.5) is 11.6 Å². The molecule has 29 heavy (non-hydrogen) atoms. The molecule has 0 aromatic carbocycles. The van der Waals surface area contributed by atoms with Crippen LogP contribution in [0.15, 0.2) is 43.1 Å². The Labute approximate surface area is 168 Å². The number of aryl methyl sites for hydroxylation is 1. The molecular formula is C19H24N10. The maximum Gasteiger partial charge on any atom is 0.186 e. The first kappa shape index (κ1) is 18.8. The molecule has 0 bridgehead atoms. The van der Waals surface area contributed by atoms with Crippen molar-refractivity contribution < 1.29 is 0 Å². The molecule has 10 heteroatoms. The largest absolute Gasteiger partial charge is 0.381 e. The first-order valence-electron chi connectivity index (χ1n) is 9.25. The van der Waals surface area contributed by atoms with E-state index in [1.807, 2.05) is 50.7 Å². The summed E-state index contributed by atoms with van der Waals surface area (Å²) >= 11 is 0. The molecule has 150 valence electrons. The van der Waals surface area contributed by atoms with Crippen molar-refractivity contribution in [2.24, 2.45) is 7.05 Å². The molecule has 0 saturated carbocycles. The maximum absolute atomic E-state index is 6.14. The number of nitrogens with one attached hydrogen (secondary N) is 2. The topological polar surface area (TPSA) is 114 Å². The maximum atomic E-state index is 6.14. The molecule has 0 aliphatic heterocycles. The second kappa shape index (κ2) is 7.86. The van der Waals surface area contributed by atoms with E-state index in [0.717, 1.165) is 29.0 Å². The smallest absolute Gasteiger partial charge is 0.186 e. The fourth-order valence-electron chi connectivity index (χ4n) is 3.20. The fraction of sp³-hybridized carbons (Fsp3) is 0.263. The Morgan fingerprint density at radius 2 is 1.97 bits per heavy atom. The van der Waals surface area contributed by atoms with Crippen LogP contribution in [0.3, 0.4) is 0 Å². The predicted octanol–water partition coefficient (Wildman–Crippen LogP) is 0.967. The molecule has 0 radical (unpaired) electrons. The average molecular weight is 392 g/mol. The van der Waals surface area contributed by atoms with E-state index in [9.17, 15) is 0 Å². The third-order valence-corrected chi connectivity index (χ3v) is 4.65. The van der Waals surface area contributed by atoms with E-state index in [1.165, 1.54) is 0 Å². The number of fused-ring (bicyclic) bond motifs is 1. The van der Waals surface area contributed by atoms with E-state index in [0.29, 0.717) is 23.9 Å². The second-order valence-corrected chi connectivity index (χ2v) is 6.72. The van der Waals surface area contributed by atoms with Gasteiger partial charge in [-0.1, -0.05) is 6.07 Å². The minimum absolute atomic E-state index is 0.353. The van der Waals surface area contributed by atoms with Crippen molar-refractivity contribution in [2.45, 2.75) is 13.1 Å². The lowest BCUT2D eigenvalue weighted by Gasteiger charge is -2.23. The number of pyridine rings is 1. The molecule has 0 fully saturated rings. The number of imidazole rings is 1. The van der Waals surface area contributed by atoms with Gasteiger partial charge in [0, 0.05) is 38.6 Å². The molecule has 0 unspecified atom stereocenters. The molecule has 4 aromatic rings. The van der Waals surface area contributed by atoms with E-state index in [4.69, 9.17) is 10.7 Å². The lowest BCUT2D eigenvalue weighted by atomic mass is 10.2. The number of nitrogens with two attached hydrogens (primary N) is 1. The number of hydrogen-bond donors (Lipinski definition) is 3. The highest BCUT2D eigenvalue weighted by atomic mass is 15.5. The zero-order chi connectivity index (χ0) is 20.4. The molecule has 4 rings (SSSR count). The first-order valence-corrected chi connectivity index (χ1v) is 9.25. The van der Waals surface area contributed by atoms with Crippen LogP contribution in [0, 0.1) is 0 Å². The Kier molecular flexibility index (Phi) is 5.10. The van der Waals surface area contributed by atoms with Crippen molar-refractivity contribution in [3.05, 3.63) is 54.4 Å². The normalized spacial score (nSPS) is 11.3. The molecule has 4 aromatic heterocycles. The number of anilines is 2. The quantitative estimate of drug-likeness (QED) is 0.399. The van der Waals surface area contributed by atoms with Crippen molar-refractivity contribution in [2.75, 3.05) is 24.8 Å². The van der Waals surface area contributed by atoms with Crippen LogP contribution < -0.4 is 21.5 Å². The summed E-state index contributed by atoms with van der Waals surface area (Å²) < 4.78 is 3.81. The Morgan fingerprint density at radius 1 is 1.10 bits per heavy atom. The van der Waals surface area contributed by atoms with Gasteiger partial charge in [0.1, 0.15) is 5.65 Å². The van der Waals surface area contributed by atoms with Crippen molar-refractivity contribution in [3.63, 3.8) is 0 Å². The van der Waals surface area contributed by atoms with Gasteiger partial charge >= 0.3 is 0 Å². The highest BCUT2D eigenvalue weighted by Crippen LogP contribution is 2.24. The number of nitrogens with zero attached hydrogens (tertiary/aromatic N) is 7. The summed E-state index contributed by atoms with van der Waals surface area (Å²) in [6, 6.07) is 4.05. The van der Waals surface area contributed by atoms with E-state index in [1.54, 1.807) is 17.1 Å². The monoisotopic (exact) mass is 392 g/mol. The summed E-state index contributed by atoms with van der Waals surface area (Å²) in [5.41, 5.74) is 14.0. The second-order valence-electron chi connectivity index (χ2n) is 6.72. The zero-order valence-corrected chi connectivity index (χ0v) is 16.7. The summed E-state index contributed by atoms with van der Waals surface area (Å²) in [5.74, 6) is 0.918. The van der Waals surface area contributed by atoms with Gasteiger partial charge in [-0.05, 0) is 18.7 Å². The van der Waals surface area contributed by atoms with Gasteiger partial charge in [-0.2, -0.15) is 5.10 Å². The van der Waals surface area contributed by atoms with Gasteiger partial charge in [-0.3, -0.25) is 9.69 Å². The summed E-state index contributed by atoms with van der Waals surface area (Å²) in [6.45, 7) is 1.30. The van der Waals surface area contributed by atoms with E-state index in [2.05, 4.69) is 36.4 Å². The summed E-state index contributed by atoms with van der Waals surface area (Å²) in [6.07, 6.45) is 9.26. The van der Waals surface area contributed by atoms with Gasteiger partial charge in [0.05, 0.1) is 36.5 Å². The van der Waals surface area contributed by atoms with Crippen LogP contribution in [0.5, 0.6) is 0 Å².